The second-order valence-electron chi connectivity index (χ2n) is 10.3. The second-order valence-corrected chi connectivity index (χ2v) is 10.3. The molecule has 6 rings (SSSR count). The lowest BCUT2D eigenvalue weighted by molar-refractivity contribution is -0.137. The van der Waals surface area contributed by atoms with Crippen molar-refractivity contribution in [3.63, 3.8) is 0 Å². The van der Waals surface area contributed by atoms with Crippen molar-refractivity contribution in [3.05, 3.63) is 59.7 Å². The first kappa shape index (κ1) is 26.0. The predicted molar refractivity (Wildman–Crippen MR) is 145 cm³/mol. The Hall–Kier alpha value is -4.24. The van der Waals surface area contributed by atoms with E-state index < -0.39 is 11.7 Å². The van der Waals surface area contributed by atoms with Crippen LogP contribution in [0.4, 0.5) is 24.9 Å². The van der Waals surface area contributed by atoms with Gasteiger partial charge in [-0.3, -0.25) is 4.90 Å². The molecule has 0 spiro atoms. The molecular formula is C28H28F3N9. The number of H-pyrrole nitrogens is 1. The van der Waals surface area contributed by atoms with Crippen molar-refractivity contribution in [2.75, 3.05) is 36.4 Å². The zero-order chi connectivity index (χ0) is 27.9. The molecule has 2 fully saturated rings. The van der Waals surface area contributed by atoms with Gasteiger partial charge in [0.1, 0.15) is 17.5 Å². The Labute approximate surface area is 229 Å². The molecule has 40 heavy (non-hydrogen) atoms. The number of likely N-dealkylation sites (tertiary alicyclic amines) is 1. The molecule has 0 bridgehead atoms. The van der Waals surface area contributed by atoms with Crippen molar-refractivity contribution in [2.45, 2.75) is 44.4 Å². The summed E-state index contributed by atoms with van der Waals surface area (Å²) in [5.41, 5.74) is 1.02. The van der Waals surface area contributed by atoms with E-state index in [9.17, 15) is 18.4 Å². The van der Waals surface area contributed by atoms with Gasteiger partial charge in [-0.15, -0.1) is 0 Å². The molecule has 12 heteroatoms. The van der Waals surface area contributed by atoms with Gasteiger partial charge in [-0.25, -0.2) is 19.9 Å². The summed E-state index contributed by atoms with van der Waals surface area (Å²) in [7, 11) is 0. The number of pyridine rings is 2. The number of aromatic amines is 1. The number of hydrogen-bond acceptors (Lipinski definition) is 8. The first-order chi connectivity index (χ1) is 19.3. The highest BCUT2D eigenvalue weighted by Gasteiger charge is 2.32. The van der Waals surface area contributed by atoms with Crippen LogP contribution >= 0.6 is 0 Å². The number of alkyl halides is 3. The molecule has 2 aliphatic rings. The van der Waals surface area contributed by atoms with Gasteiger partial charge in [-0.05, 0) is 57.0 Å². The molecule has 0 saturated carbocycles. The van der Waals surface area contributed by atoms with Crippen LogP contribution in [0.15, 0.2) is 43.0 Å². The molecule has 2 aliphatic heterocycles. The van der Waals surface area contributed by atoms with Crippen LogP contribution in [0.1, 0.15) is 48.9 Å². The molecule has 0 unspecified atom stereocenters. The molecule has 0 aromatic carbocycles. The Morgan fingerprint density at radius 2 is 1.93 bits per heavy atom. The van der Waals surface area contributed by atoms with Gasteiger partial charge in [0.05, 0.1) is 29.1 Å². The first-order valence-corrected chi connectivity index (χ1v) is 13.3. The molecule has 4 aromatic rings. The highest BCUT2D eigenvalue weighted by Crippen LogP contribution is 2.35. The second kappa shape index (κ2) is 10.4. The van der Waals surface area contributed by atoms with E-state index in [-0.39, 0.29) is 34.3 Å². The minimum absolute atomic E-state index is 0.139. The summed E-state index contributed by atoms with van der Waals surface area (Å²) in [6, 6.07) is 7.48. The van der Waals surface area contributed by atoms with Gasteiger partial charge in [0, 0.05) is 48.7 Å². The average Bonchev–Trinajstić information content (AvgIpc) is 3.73. The van der Waals surface area contributed by atoms with Crippen molar-refractivity contribution in [2.24, 2.45) is 0 Å². The maximum absolute atomic E-state index is 13.3. The van der Waals surface area contributed by atoms with Gasteiger partial charge in [-0.1, -0.05) is 6.07 Å². The SMILES string of the molecule is C[C@@H](Nc1ncc(C#N)c(-c2c[nH]c3ncc(C(F)(F)F)cc23)n1)c1ccc(N2CC[C@H](N3CCCC3)C2)nc1. The summed E-state index contributed by atoms with van der Waals surface area (Å²) in [6.07, 6.45) is 4.67. The van der Waals surface area contributed by atoms with Gasteiger partial charge < -0.3 is 15.2 Å². The van der Waals surface area contributed by atoms with E-state index in [4.69, 9.17) is 4.98 Å². The molecule has 2 N–H and O–H groups in total. The fraction of sp³-hybridized carbons (Fsp3) is 0.393. The van der Waals surface area contributed by atoms with E-state index in [0.29, 0.717) is 11.6 Å². The van der Waals surface area contributed by atoms with Crippen LogP contribution in [-0.4, -0.2) is 62.0 Å². The third-order valence-electron chi connectivity index (χ3n) is 7.78. The lowest BCUT2D eigenvalue weighted by atomic mass is 10.1. The van der Waals surface area contributed by atoms with E-state index >= 15 is 0 Å². The minimum atomic E-state index is -4.55. The fourth-order valence-corrected chi connectivity index (χ4v) is 5.57. The van der Waals surface area contributed by atoms with Crippen molar-refractivity contribution in [1.82, 2.24) is 29.8 Å². The van der Waals surface area contributed by atoms with Crippen molar-refractivity contribution >= 4 is 22.8 Å². The third kappa shape index (κ3) is 5.04. The molecule has 9 nitrogen and oxygen atoms in total. The zero-order valence-corrected chi connectivity index (χ0v) is 21.9. The number of fused-ring (bicyclic) bond motifs is 1. The number of aromatic nitrogens is 5. The molecule has 6 heterocycles. The standard InChI is InChI=1S/C28H28F3N9/c1-17(18-4-5-24(33-12-18)40-9-6-21(16-40)39-7-2-3-8-39)37-27-36-13-19(11-32)25(38-27)23-15-35-26-22(23)10-20(14-34-26)28(29,30)31/h4-5,10,12-15,17,21H,2-3,6-9,16H2,1H3,(H,34,35)(H,36,37,38)/t17-,21+/m1/s1. The number of halogens is 3. The van der Waals surface area contributed by atoms with E-state index in [0.717, 1.165) is 43.2 Å². The minimum Gasteiger partial charge on any atom is -0.355 e. The van der Waals surface area contributed by atoms with Gasteiger partial charge in [0.25, 0.3) is 0 Å². The number of anilines is 2. The van der Waals surface area contributed by atoms with Crippen LogP contribution in [0.5, 0.6) is 0 Å². The van der Waals surface area contributed by atoms with Crippen LogP contribution in [0.3, 0.4) is 0 Å². The number of rotatable bonds is 6. The third-order valence-corrected chi connectivity index (χ3v) is 7.78. The van der Waals surface area contributed by atoms with Gasteiger partial charge in [0.2, 0.25) is 5.95 Å². The molecule has 0 radical (unpaired) electrons. The lowest BCUT2D eigenvalue weighted by Crippen LogP contribution is -2.35. The molecule has 2 saturated heterocycles. The summed E-state index contributed by atoms with van der Waals surface area (Å²) >= 11 is 0. The van der Waals surface area contributed by atoms with E-state index in [1.54, 1.807) is 0 Å². The Balaban J connectivity index is 1.20. The smallest absolute Gasteiger partial charge is 0.355 e. The molecule has 4 aromatic heterocycles. The highest BCUT2D eigenvalue weighted by atomic mass is 19.4. The summed E-state index contributed by atoms with van der Waals surface area (Å²) in [4.78, 5) is 25.2. The predicted octanol–water partition coefficient (Wildman–Crippen LogP) is 5.15. The number of nitrogens with zero attached hydrogens (tertiary/aromatic N) is 7. The normalized spacial score (nSPS) is 18.8. The quantitative estimate of drug-likeness (QED) is 0.341. The van der Waals surface area contributed by atoms with Crippen molar-refractivity contribution in [1.29, 1.82) is 5.26 Å². The largest absolute Gasteiger partial charge is 0.417 e. The molecule has 0 amide bonds. The lowest BCUT2D eigenvalue weighted by Gasteiger charge is -2.24. The Bertz CT molecular complexity index is 1550. The maximum Gasteiger partial charge on any atom is 0.417 e. The number of nitriles is 1. The van der Waals surface area contributed by atoms with Crippen LogP contribution in [-0.2, 0) is 6.18 Å². The monoisotopic (exact) mass is 547 g/mol. The average molecular weight is 548 g/mol. The van der Waals surface area contributed by atoms with Gasteiger partial charge in [0.15, 0.2) is 0 Å². The topological polar surface area (TPSA) is 110 Å². The van der Waals surface area contributed by atoms with Crippen molar-refractivity contribution in [3.8, 4) is 17.3 Å². The molecule has 0 aliphatic carbocycles. The summed E-state index contributed by atoms with van der Waals surface area (Å²) < 4.78 is 39.9. The molecule has 2 atom stereocenters. The summed E-state index contributed by atoms with van der Waals surface area (Å²) in [6.45, 7) is 6.33. The van der Waals surface area contributed by atoms with Crippen LogP contribution < -0.4 is 10.2 Å². The van der Waals surface area contributed by atoms with E-state index in [1.807, 2.05) is 31.3 Å². The zero-order valence-electron chi connectivity index (χ0n) is 21.9. The number of nitrogens with one attached hydrogen (secondary N) is 2. The molecule has 206 valence electrons. The summed E-state index contributed by atoms with van der Waals surface area (Å²) in [5.74, 6) is 1.20. The Morgan fingerprint density at radius 3 is 2.65 bits per heavy atom. The number of hydrogen-bond donors (Lipinski definition) is 2. The van der Waals surface area contributed by atoms with E-state index in [1.165, 1.54) is 38.3 Å². The van der Waals surface area contributed by atoms with E-state index in [2.05, 4.69) is 35.1 Å². The van der Waals surface area contributed by atoms with Crippen molar-refractivity contribution < 1.29 is 13.2 Å². The summed E-state index contributed by atoms with van der Waals surface area (Å²) in [5, 5.41) is 13.1. The van der Waals surface area contributed by atoms with Gasteiger partial charge >= 0.3 is 6.18 Å². The van der Waals surface area contributed by atoms with Gasteiger partial charge in [-0.2, -0.15) is 18.4 Å². The first-order valence-electron chi connectivity index (χ1n) is 13.3. The van der Waals surface area contributed by atoms with Crippen LogP contribution in [0.2, 0.25) is 0 Å². The molecular weight excluding hydrogens is 519 g/mol. The van der Waals surface area contributed by atoms with Crippen LogP contribution in [0.25, 0.3) is 22.3 Å². The Kier molecular flexibility index (Phi) is 6.75. The maximum atomic E-state index is 13.3. The Morgan fingerprint density at radius 1 is 1.10 bits per heavy atom. The fourth-order valence-electron chi connectivity index (χ4n) is 5.57. The van der Waals surface area contributed by atoms with Crippen LogP contribution in [0, 0.1) is 11.3 Å². The highest BCUT2D eigenvalue weighted by molar-refractivity contribution is 5.94.